The summed E-state index contributed by atoms with van der Waals surface area (Å²) in [4.78, 5) is 10.7. The molecule has 0 amide bonds. The number of rotatable bonds is 5. The van der Waals surface area contributed by atoms with E-state index in [1.54, 1.807) is 6.07 Å². The Morgan fingerprint density at radius 1 is 1.53 bits per heavy atom. The highest BCUT2D eigenvalue weighted by molar-refractivity contribution is 5.68. The van der Waals surface area contributed by atoms with Crippen molar-refractivity contribution in [2.24, 2.45) is 5.41 Å². The van der Waals surface area contributed by atoms with Gasteiger partial charge in [0.25, 0.3) is 0 Å². The number of carbonyl (C=O) groups is 1. The van der Waals surface area contributed by atoms with Crippen LogP contribution in [0.2, 0.25) is 0 Å². The molecule has 0 aromatic heterocycles. The molecule has 1 aliphatic rings. The molecule has 92 valence electrons. The third-order valence-electron chi connectivity index (χ3n) is 3.17. The molecular formula is C13H15FO3. The van der Waals surface area contributed by atoms with E-state index >= 15 is 0 Å². The average Bonchev–Trinajstić information content (AvgIpc) is 2.99. The van der Waals surface area contributed by atoms with Crippen molar-refractivity contribution in [3.05, 3.63) is 29.6 Å². The highest BCUT2D eigenvalue weighted by Gasteiger charge is 2.45. The van der Waals surface area contributed by atoms with E-state index in [0.29, 0.717) is 12.4 Å². The number of hydrogen-bond donors (Lipinski definition) is 1. The van der Waals surface area contributed by atoms with Crippen LogP contribution in [0.3, 0.4) is 0 Å². The van der Waals surface area contributed by atoms with Gasteiger partial charge in [-0.1, -0.05) is 6.07 Å². The number of hydrogen-bond acceptors (Lipinski definition) is 2. The van der Waals surface area contributed by atoms with Crippen molar-refractivity contribution in [1.29, 1.82) is 0 Å². The number of halogens is 1. The number of ether oxygens (including phenoxy) is 1. The number of carboxylic acid groups (broad SMARTS) is 1. The van der Waals surface area contributed by atoms with Gasteiger partial charge in [0.05, 0.1) is 13.0 Å². The number of aliphatic carboxylic acids is 1. The molecule has 0 unspecified atom stereocenters. The fourth-order valence-corrected chi connectivity index (χ4v) is 1.83. The smallest absolute Gasteiger partial charge is 0.304 e. The normalized spacial score (nSPS) is 16.6. The number of benzene rings is 1. The van der Waals surface area contributed by atoms with E-state index in [-0.39, 0.29) is 17.7 Å². The third kappa shape index (κ3) is 2.96. The van der Waals surface area contributed by atoms with Gasteiger partial charge in [-0.05, 0) is 31.4 Å². The Balaban J connectivity index is 1.98. The molecule has 0 saturated heterocycles. The Bertz CT molecular complexity index is 438. The first-order chi connectivity index (χ1) is 8.01. The van der Waals surface area contributed by atoms with Crippen LogP contribution >= 0.6 is 0 Å². The molecule has 0 spiro atoms. The SMILES string of the molecule is Cc1ccc(F)cc1OCC1(CC(=O)O)CC1. The molecule has 0 heterocycles. The van der Waals surface area contributed by atoms with E-state index in [0.717, 1.165) is 18.4 Å². The van der Waals surface area contributed by atoms with Crippen molar-refractivity contribution >= 4 is 5.97 Å². The fourth-order valence-electron chi connectivity index (χ4n) is 1.83. The maximum Gasteiger partial charge on any atom is 0.304 e. The van der Waals surface area contributed by atoms with Crippen LogP contribution in [-0.4, -0.2) is 17.7 Å². The largest absolute Gasteiger partial charge is 0.493 e. The van der Waals surface area contributed by atoms with Crippen LogP contribution in [0.25, 0.3) is 0 Å². The second kappa shape index (κ2) is 4.35. The summed E-state index contributed by atoms with van der Waals surface area (Å²) in [5, 5.41) is 8.77. The molecule has 1 aromatic rings. The molecule has 1 saturated carbocycles. The van der Waals surface area contributed by atoms with E-state index < -0.39 is 5.97 Å². The van der Waals surface area contributed by atoms with Gasteiger partial charge in [-0.2, -0.15) is 0 Å². The van der Waals surface area contributed by atoms with Crippen LogP contribution in [0, 0.1) is 18.2 Å². The Morgan fingerprint density at radius 3 is 2.82 bits per heavy atom. The zero-order chi connectivity index (χ0) is 12.5. The second-order valence-electron chi connectivity index (χ2n) is 4.77. The van der Waals surface area contributed by atoms with Gasteiger partial charge in [-0.25, -0.2) is 4.39 Å². The topological polar surface area (TPSA) is 46.5 Å². The lowest BCUT2D eigenvalue weighted by Crippen LogP contribution is -2.17. The molecule has 17 heavy (non-hydrogen) atoms. The molecule has 0 atom stereocenters. The standard InChI is InChI=1S/C13H15FO3/c1-9-2-3-10(14)6-11(9)17-8-13(4-5-13)7-12(15)16/h2-3,6H,4-5,7-8H2,1H3,(H,15,16). The average molecular weight is 238 g/mol. The molecule has 1 fully saturated rings. The van der Waals surface area contributed by atoms with Gasteiger partial charge in [-0.15, -0.1) is 0 Å². The minimum absolute atomic E-state index is 0.126. The molecular weight excluding hydrogens is 223 g/mol. The van der Waals surface area contributed by atoms with Gasteiger partial charge >= 0.3 is 5.97 Å². The summed E-state index contributed by atoms with van der Waals surface area (Å²) in [5.41, 5.74) is 0.627. The van der Waals surface area contributed by atoms with Crippen molar-refractivity contribution in [2.75, 3.05) is 6.61 Å². The van der Waals surface area contributed by atoms with Crippen molar-refractivity contribution in [1.82, 2.24) is 0 Å². The minimum atomic E-state index is -0.804. The summed E-state index contributed by atoms with van der Waals surface area (Å²) in [6.07, 6.45) is 1.86. The monoisotopic (exact) mass is 238 g/mol. The van der Waals surface area contributed by atoms with Crippen LogP contribution in [0.4, 0.5) is 4.39 Å². The lowest BCUT2D eigenvalue weighted by atomic mass is 10.0. The van der Waals surface area contributed by atoms with Crippen molar-refractivity contribution in [2.45, 2.75) is 26.2 Å². The van der Waals surface area contributed by atoms with Gasteiger partial charge < -0.3 is 9.84 Å². The zero-order valence-corrected chi connectivity index (χ0v) is 9.70. The van der Waals surface area contributed by atoms with Crippen molar-refractivity contribution in [3.8, 4) is 5.75 Å². The second-order valence-corrected chi connectivity index (χ2v) is 4.77. The maximum absolute atomic E-state index is 13.0. The summed E-state index contributed by atoms with van der Waals surface area (Å²) in [6.45, 7) is 2.19. The summed E-state index contributed by atoms with van der Waals surface area (Å²) >= 11 is 0. The number of carboxylic acids is 1. The van der Waals surface area contributed by atoms with Crippen LogP contribution < -0.4 is 4.74 Å². The Labute approximate surface area is 99.2 Å². The predicted octanol–water partition coefficient (Wildman–Crippen LogP) is 2.77. The quantitative estimate of drug-likeness (QED) is 0.858. The van der Waals surface area contributed by atoms with Gasteiger partial charge in [0, 0.05) is 11.5 Å². The van der Waals surface area contributed by atoms with Crippen molar-refractivity contribution < 1.29 is 19.0 Å². The van der Waals surface area contributed by atoms with Crippen LogP contribution in [0.1, 0.15) is 24.8 Å². The van der Waals surface area contributed by atoms with E-state index in [1.807, 2.05) is 6.92 Å². The van der Waals surface area contributed by atoms with Gasteiger partial charge in [0.1, 0.15) is 11.6 Å². The lowest BCUT2D eigenvalue weighted by Gasteiger charge is -2.15. The summed E-state index contributed by atoms with van der Waals surface area (Å²) in [7, 11) is 0. The predicted molar refractivity (Wildman–Crippen MR) is 60.6 cm³/mol. The molecule has 0 aliphatic heterocycles. The molecule has 3 nitrogen and oxygen atoms in total. The Morgan fingerprint density at radius 2 is 2.24 bits per heavy atom. The Hall–Kier alpha value is -1.58. The van der Waals surface area contributed by atoms with Gasteiger partial charge in [-0.3, -0.25) is 4.79 Å². The molecule has 2 rings (SSSR count). The minimum Gasteiger partial charge on any atom is -0.493 e. The summed E-state index contributed by atoms with van der Waals surface area (Å²) in [6, 6.07) is 4.37. The molecule has 0 radical (unpaired) electrons. The highest BCUT2D eigenvalue weighted by atomic mass is 19.1. The number of aryl methyl sites for hydroxylation is 1. The van der Waals surface area contributed by atoms with E-state index in [4.69, 9.17) is 9.84 Å². The van der Waals surface area contributed by atoms with Gasteiger partial charge in [0.2, 0.25) is 0 Å². The molecule has 1 N–H and O–H groups in total. The maximum atomic E-state index is 13.0. The van der Waals surface area contributed by atoms with Gasteiger partial charge in [0.15, 0.2) is 0 Å². The highest BCUT2D eigenvalue weighted by Crippen LogP contribution is 2.49. The van der Waals surface area contributed by atoms with E-state index in [1.165, 1.54) is 12.1 Å². The lowest BCUT2D eigenvalue weighted by molar-refractivity contribution is -0.138. The molecule has 0 bridgehead atoms. The first-order valence-electron chi connectivity index (χ1n) is 5.62. The summed E-state index contributed by atoms with van der Waals surface area (Å²) in [5.74, 6) is -0.641. The molecule has 1 aromatic carbocycles. The Kier molecular flexibility index (Phi) is 3.05. The van der Waals surface area contributed by atoms with E-state index in [9.17, 15) is 9.18 Å². The van der Waals surface area contributed by atoms with Crippen LogP contribution in [0.5, 0.6) is 5.75 Å². The first-order valence-corrected chi connectivity index (χ1v) is 5.62. The van der Waals surface area contributed by atoms with Crippen LogP contribution in [-0.2, 0) is 4.79 Å². The fraction of sp³-hybridized carbons (Fsp3) is 0.462. The third-order valence-corrected chi connectivity index (χ3v) is 3.17. The molecule has 4 heteroatoms. The molecule has 1 aliphatic carbocycles. The van der Waals surface area contributed by atoms with Crippen molar-refractivity contribution in [3.63, 3.8) is 0 Å². The summed E-state index contributed by atoms with van der Waals surface area (Å²) < 4.78 is 18.6. The first kappa shape index (κ1) is 11.9. The zero-order valence-electron chi connectivity index (χ0n) is 9.70. The van der Waals surface area contributed by atoms with E-state index in [2.05, 4.69) is 0 Å². The van der Waals surface area contributed by atoms with Crippen LogP contribution in [0.15, 0.2) is 18.2 Å².